The Morgan fingerprint density at radius 2 is 2.11 bits per heavy atom. The average Bonchev–Trinajstić information content (AvgIpc) is 3.06. The molecule has 2 rings (SSSR count). The third kappa shape index (κ3) is 3.33. The van der Waals surface area contributed by atoms with Gasteiger partial charge in [-0.25, -0.2) is 13.2 Å². The van der Waals surface area contributed by atoms with E-state index < -0.39 is 16.0 Å². The van der Waals surface area contributed by atoms with Gasteiger partial charge in [-0.1, -0.05) is 17.7 Å². The summed E-state index contributed by atoms with van der Waals surface area (Å²) >= 11 is 1.02. The predicted molar refractivity (Wildman–Crippen MR) is 69.3 cm³/mol. The highest BCUT2D eigenvalue weighted by molar-refractivity contribution is 7.89. The van der Waals surface area contributed by atoms with E-state index >= 15 is 0 Å². The molecule has 1 aliphatic carbocycles. The van der Waals surface area contributed by atoms with Crippen molar-refractivity contribution >= 4 is 27.3 Å². The first kappa shape index (κ1) is 14.4. The van der Waals surface area contributed by atoms with Crippen LogP contribution in [-0.2, 0) is 19.6 Å². The first-order valence-electron chi connectivity index (χ1n) is 5.88. The van der Waals surface area contributed by atoms with Crippen LogP contribution in [0.15, 0.2) is 16.3 Å². The standard InChI is InChI=1S/C11H15NO5S2/c1-16-11(13)10-9(6-7-18-10)19(14,15)12-17-8-4-2-3-5-8/h6-8,12H,2-5H2,1H3. The largest absolute Gasteiger partial charge is 0.465 e. The van der Waals surface area contributed by atoms with Crippen LogP contribution >= 0.6 is 11.3 Å². The number of esters is 1. The molecule has 0 spiro atoms. The van der Waals surface area contributed by atoms with Gasteiger partial charge < -0.3 is 4.74 Å². The van der Waals surface area contributed by atoms with Crippen LogP contribution in [0.1, 0.15) is 35.4 Å². The topological polar surface area (TPSA) is 81.7 Å². The van der Waals surface area contributed by atoms with Crippen molar-refractivity contribution in [2.24, 2.45) is 0 Å². The Morgan fingerprint density at radius 1 is 1.42 bits per heavy atom. The van der Waals surface area contributed by atoms with Crippen molar-refractivity contribution in [1.29, 1.82) is 0 Å². The molecular formula is C11H15NO5S2. The lowest BCUT2D eigenvalue weighted by Crippen LogP contribution is -2.29. The lowest BCUT2D eigenvalue weighted by Gasteiger charge is -2.11. The smallest absolute Gasteiger partial charge is 0.349 e. The summed E-state index contributed by atoms with van der Waals surface area (Å²) in [5.41, 5.74) is 0. The minimum absolute atomic E-state index is 0.0463. The quantitative estimate of drug-likeness (QED) is 0.661. The number of ether oxygens (including phenoxy) is 1. The van der Waals surface area contributed by atoms with Crippen LogP contribution in [0.3, 0.4) is 0 Å². The highest BCUT2D eigenvalue weighted by Gasteiger charge is 2.26. The maximum atomic E-state index is 12.1. The number of nitrogens with one attached hydrogen (secondary N) is 1. The Hall–Kier alpha value is -0.960. The van der Waals surface area contributed by atoms with Crippen molar-refractivity contribution in [1.82, 2.24) is 4.89 Å². The Bertz CT molecular complexity index is 545. The van der Waals surface area contributed by atoms with Gasteiger partial charge >= 0.3 is 5.97 Å². The van der Waals surface area contributed by atoms with Gasteiger partial charge in [-0.3, -0.25) is 4.84 Å². The maximum absolute atomic E-state index is 12.1. The van der Waals surface area contributed by atoms with E-state index in [1.165, 1.54) is 18.6 Å². The highest BCUT2D eigenvalue weighted by Crippen LogP contribution is 2.24. The number of carbonyl (C=O) groups excluding carboxylic acids is 1. The molecule has 0 saturated heterocycles. The summed E-state index contributed by atoms with van der Waals surface area (Å²) in [6.45, 7) is 0. The van der Waals surface area contributed by atoms with Gasteiger partial charge in [0.1, 0.15) is 9.77 Å². The van der Waals surface area contributed by atoms with Crippen molar-refractivity contribution in [3.63, 3.8) is 0 Å². The highest BCUT2D eigenvalue weighted by atomic mass is 32.2. The molecule has 1 saturated carbocycles. The predicted octanol–water partition coefficient (Wildman–Crippen LogP) is 1.69. The summed E-state index contributed by atoms with van der Waals surface area (Å²) in [7, 11) is -2.64. The molecule has 1 fully saturated rings. The molecule has 0 aromatic carbocycles. The van der Waals surface area contributed by atoms with Crippen LogP contribution < -0.4 is 4.89 Å². The zero-order chi connectivity index (χ0) is 13.9. The molecule has 1 aromatic rings. The van der Waals surface area contributed by atoms with E-state index in [-0.39, 0.29) is 15.9 Å². The number of rotatable bonds is 5. The summed E-state index contributed by atoms with van der Waals surface area (Å²) in [6.07, 6.45) is 3.68. The number of hydrogen-bond donors (Lipinski definition) is 1. The Morgan fingerprint density at radius 3 is 2.74 bits per heavy atom. The fourth-order valence-electron chi connectivity index (χ4n) is 1.93. The normalized spacial score (nSPS) is 16.7. The molecule has 106 valence electrons. The van der Waals surface area contributed by atoms with E-state index in [2.05, 4.69) is 9.62 Å². The van der Waals surface area contributed by atoms with Crippen molar-refractivity contribution in [2.75, 3.05) is 7.11 Å². The number of carbonyl (C=O) groups is 1. The number of methoxy groups -OCH3 is 1. The molecule has 19 heavy (non-hydrogen) atoms. The molecule has 0 atom stereocenters. The number of sulfonamides is 1. The SMILES string of the molecule is COC(=O)c1sccc1S(=O)(=O)NOC1CCCC1. The van der Waals surface area contributed by atoms with Gasteiger partial charge in [0.25, 0.3) is 10.0 Å². The van der Waals surface area contributed by atoms with Gasteiger partial charge in [0.15, 0.2) is 0 Å². The van der Waals surface area contributed by atoms with Crippen LogP contribution in [0, 0.1) is 0 Å². The van der Waals surface area contributed by atoms with Crippen molar-refractivity contribution in [3.8, 4) is 0 Å². The molecule has 0 aliphatic heterocycles. The fourth-order valence-corrected chi connectivity index (χ4v) is 4.12. The molecule has 1 aromatic heterocycles. The molecule has 0 amide bonds. The molecule has 0 bridgehead atoms. The summed E-state index contributed by atoms with van der Waals surface area (Å²) < 4.78 is 28.7. The van der Waals surface area contributed by atoms with E-state index in [0.29, 0.717) is 0 Å². The minimum atomic E-state index is -3.85. The zero-order valence-electron chi connectivity index (χ0n) is 10.4. The van der Waals surface area contributed by atoms with Crippen molar-refractivity contribution < 1.29 is 22.8 Å². The first-order chi connectivity index (χ1) is 9.04. The van der Waals surface area contributed by atoms with Crippen LogP contribution in [0.25, 0.3) is 0 Å². The van der Waals surface area contributed by atoms with Crippen molar-refractivity contribution in [3.05, 3.63) is 16.3 Å². The van der Waals surface area contributed by atoms with Crippen LogP contribution in [0.2, 0.25) is 0 Å². The van der Waals surface area contributed by atoms with Crippen LogP contribution in [0.5, 0.6) is 0 Å². The van der Waals surface area contributed by atoms with E-state index in [4.69, 9.17) is 4.84 Å². The third-order valence-corrected chi connectivity index (χ3v) is 5.17. The van der Waals surface area contributed by atoms with Crippen molar-refractivity contribution in [2.45, 2.75) is 36.7 Å². The summed E-state index contributed by atoms with van der Waals surface area (Å²) in [6, 6.07) is 1.36. The monoisotopic (exact) mass is 305 g/mol. The first-order valence-corrected chi connectivity index (χ1v) is 8.24. The van der Waals surface area contributed by atoms with E-state index in [1.807, 2.05) is 0 Å². The third-order valence-electron chi connectivity index (χ3n) is 2.92. The van der Waals surface area contributed by atoms with Gasteiger partial charge in [-0.05, 0) is 24.3 Å². The summed E-state index contributed by atoms with van der Waals surface area (Å²) in [5, 5.41) is 1.52. The molecular weight excluding hydrogens is 290 g/mol. The van der Waals surface area contributed by atoms with E-state index in [0.717, 1.165) is 37.0 Å². The lowest BCUT2D eigenvalue weighted by molar-refractivity contribution is 0.0223. The van der Waals surface area contributed by atoms with E-state index in [1.54, 1.807) is 0 Å². The molecule has 8 heteroatoms. The van der Waals surface area contributed by atoms with Gasteiger partial charge in [0.2, 0.25) is 0 Å². The molecule has 1 aliphatic rings. The average molecular weight is 305 g/mol. The zero-order valence-corrected chi connectivity index (χ0v) is 12.1. The molecule has 1 N–H and O–H groups in total. The van der Waals surface area contributed by atoms with Gasteiger partial charge in [-0.2, -0.15) is 0 Å². The lowest BCUT2D eigenvalue weighted by atomic mass is 10.3. The van der Waals surface area contributed by atoms with Crippen LogP contribution in [0.4, 0.5) is 0 Å². The van der Waals surface area contributed by atoms with Gasteiger partial charge in [-0.15, -0.1) is 11.3 Å². The molecule has 6 nitrogen and oxygen atoms in total. The minimum Gasteiger partial charge on any atom is -0.465 e. The Kier molecular flexibility index (Phi) is 4.56. The Balaban J connectivity index is 2.10. The van der Waals surface area contributed by atoms with Gasteiger partial charge in [0, 0.05) is 0 Å². The summed E-state index contributed by atoms with van der Waals surface area (Å²) in [5.74, 6) is -0.670. The second kappa shape index (κ2) is 6.00. The molecule has 1 heterocycles. The van der Waals surface area contributed by atoms with Crippen LogP contribution in [-0.4, -0.2) is 27.6 Å². The Labute approximate surface area is 115 Å². The second-order valence-electron chi connectivity index (χ2n) is 4.22. The summed E-state index contributed by atoms with van der Waals surface area (Å²) in [4.78, 5) is 18.7. The van der Waals surface area contributed by atoms with Gasteiger partial charge in [0.05, 0.1) is 13.2 Å². The molecule has 0 radical (unpaired) electrons. The number of thiophene rings is 1. The second-order valence-corrected chi connectivity index (χ2v) is 6.75. The fraction of sp³-hybridized carbons (Fsp3) is 0.545. The number of hydrogen-bond acceptors (Lipinski definition) is 6. The molecule has 0 unspecified atom stereocenters. The van der Waals surface area contributed by atoms with E-state index in [9.17, 15) is 13.2 Å². The maximum Gasteiger partial charge on any atom is 0.349 e.